The van der Waals surface area contributed by atoms with Gasteiger partial charge in [0.05, 0.1) is 0 Å². The van der Waals surface area contributed by atoms with E-state index in [0.29, 0.717) is 31.0 Å². The first-order chi connectivity index (χ1) is 8.54. The average molecular weight is 252 g/mol. The van der Waals surface area contributed by atoms with Gasteiger partial charge in [0, 0.05) is 25.6 Å². The Kier molecular flexibility index (Phi) is 5.78. The van der Waals surface area contributed by atoms with Crippen molar-refractivity contribution < 1.29 is 9.18 Å². The minimum Gasteiger partial charge on any atom is -0.341 e. The van der Waals surface area contributed by atoms with Gasteiger partial charge in [-0.15, -0.1) is 0 Å². The summed E-state index contributed by atoms with van der Waals surface area (Å²) in [6, 6.07) is 6.52. The Morgan fingerprint density at radius 1 is 1.44 bits per heavy atom. The molecule has 1 unspecified atom stereocenters. The first-order valence-electron chi connectivity index (χ1n) is 6.22. The monoisotopic (exact) mass is 252 g/mol. The van der Waals surface area contributed by atoms with Crippen LogP contribution in [0.4, 0.5) is 4.39 Å². The minimum absolute atomic E-state index is 0.0264. The van der Waals surface area contributed by atoms with E-state index in [2.05, 4.69) is 0 Å². The number of hydrogen-bond acceptors (Lipinski definition) is 2. The standard InChI is InChI=1S/C14H21FN2O/c1-11(9-16)7-8-14(18)17(2)10-12-5-3-4-6-13(12)15/h3-6,11H,7-10,16H2,1-2H3. The van der Waals surface area contributed by atoms with Gasteiger partial charge in [0.25, 0.3) is 0 Å². The van der Waals surface area contributed by atoms with Crippen LogP contribution in [0, 0.1) is 11.7 Å². The van der Waals surface area contributed by atoms with Crippen LogP contribution in [-0.4, -0.2) is 24.4 Å². The van der Waals surface area contributed by atoms with Crippen molar-refractivity contribution in [3.63, 3.8) is 0 Å². The molecular formula is C14H21FN2O. The van der Waals surface area contributed by atoms with Crippen molar-refractivity contribution in [1.82, 2.24) is 4.90 Å². The molecule has 0 aliphatic heterocycles. The number of benzene rings is 1. The molecule has 0 fully saturated rings. The molecule has 1 aromatic rings. The Balaban J connectivity index is 2.47. The van der Waals surface area contributed by atoms with E-state index in [1.165, 1.54) is 6.07 Å². The van der Waals surface area contributed by atoms with Crippen molar-refractivity contribution in [1.29, 1.82) is 0 Å². The number of amides is 1. The van der Waals surface area contributed by atoms with Crippen molar-refractivity contribution in [3.8, 4) is 0 Å². The zero-order valence-corrected chi connectivity index (χ0v) is 11.0. The Morgan fingerprint density at radius 2 is 2.11 bits per heavy atom. The summed E-state index contributed by atoms with van der Waals surface area (Å²) in [5.41, 5.74) is 6.05. The fourth-order valence-electron chi connectivity index (χ4n) is 1.65. The summed E-state index contributed by atoms with van der Waals surface area (Å²) < 4.78 is 13.4. The molecular weight excluding hydrogens is 231 g/mol. The number of hydrogen-bond donors (Lipinski definition) is 1. The third kappa shape index (κ3) is 4.45. The summed E-state index contributed by atoms with van der Waals surface area (Å²) >= 11 is 0. The second-order valence-corrected chi connectivity index (χ2v) is 4.72. The summed E-state index contributed by atoms with van der Waals surface area (Å²) in [5.74, 6) is 0.0989. The van der Waals surface area contributed by atoms with E-state index in [-0.39, 0.29) is 11.7 Å². The van der Waals surface area contributed by atoms with Gasteiger partial charge in [-0.2, -0.15) is 0 Å². The van der Waals surface area contributed by atoms with Crippen LogP contribution in [0.2, 0.25) is 0 Å². The molecule has 0 saturated heterocycles. The van der Waals surface area contributed by atoms with Crippen molar-refractivity contribution in [2.24, 2.45) is 11.7 Å². The molecule has 0 aromatic heterocycles. The molecule has 0 aliphatic carbocycles. The molecule has 3 nitrogen and oxygen atoms in total. The fourth-order valence-corrected chi connectivity index (χ4v) is 1.65. The van der Waals surface area contributed by atoms with Crippen LogP contribution in [0.15, 0.2) is 24.3 Å². The number of carbonyl (C=O) groups excluding carboxylic acids is 1. The highest BCUT2D eigenvalue weighted by Gasteiger charge is 2.12. The smallest absolute Gasteiger partial charge is 0.222 e. The lowest BCUT2D eigenvalue weighted by molar-refractivity contribution is -0.130. The highest BCUT2D eigenvalue weighted by atomic mass is 19.1. The van der Waals surface area contributed by atoms with Crippen molar-refractivity contribution in [3.05, 3.63) is 35.6 Å². The van der Waals surface area contributed by atoms with Gasteiger partial charge in [0.1, 0.15) is 5.82 Å². The Labute approximate surface area is 108 Å². The van der Waals surface area contributed by atoms with Crippen LogP contribution < -0.4 is 5.73 Å². The maximum absolute atomic E-state index is 13.4. The van der Waals surface area contributed by atoms with Crippen molar-refractivity contribution >= 4 is 5.91 Å². The van der Waals surface area contributed by atoms with E-state index >= 15 is 0 Å². The van der Waals surface area contributed by atoms with E-state index in [1.54, 1.807) is 30.1 Å². The van der Waals surface area contributed by atoms with E-state index in [1.807, 2.05) is 6.92 Å². The van der Waals surface area contributed by atoms with E-state index in [4.69, 9.17) is 5.73 Å². The lowest BCUT2D eigenvalue weighted by atomic mass is 10.1. The summed E-state index contributed by atoms with van der Waals surface area (Å²) in [7, 11) is 1.70. The number of rotatable bonds is 6. The second-order valence-electron chi connectivity index (χ2n) is 4.72. The van der Waals surface area contributed by atoms with Crippen LogP contribution in [0.5, 0.6) is 0 Å². The van der Waals surface area contributed by atoms with Gasteiger partial charge in [-0.1, -0.05) is 25.1 Å². The Bertz CT molecular complexity index is 395. The molecule has 18 heavy (non-hydrogen) atoms. The number of halogens is 1. The number of nitrogens with two attached hydrogens (primary N) is 1. The SMILES string of the molecule is CC(CN)CCC(=O)N(C)Cc1ccccc1F. The van der Waals surface area contributed by atoms with Crippen LogP contribution >= 0.6 is 0 Å². The molecule has 4 heteroatoms. The van der Waals surface area contributed by atoms with Crippen LogP contribution in [0.1, 0.15) is 25.3 Å². The summed E-state index contributed by atoms with van der Waals surface area (Å²) in [6.45, 7) is 2.91. The first-order valence-corrected chi connectivity index (χ1v) is 6.22. The number of nitrogens with zero attached hydrogens (tertiary/aromatic N) is 1. The maximum Gasteiger partial charge on any atom is 0.222 e. The lowest BCUT2D eigenvalue weighted by Gasteiger charge is -2.18. The normalized spacial score (nSPS) is 12.2. The fraction of sp³-hybridized carbons (Fsp3) is 0.500. The van der Waals surface area contributed by atoms with E-state index < -0.39 is 0 Å². The second kappa shape index (κ2) is 7.11. The first kappa shape index (κ1) is 14.6. The van der Waals surface area contributed by atoms with Crippen molar-refractivity contribution in [2.45, 2.75) is 26.3 Å². The molecule has 1 atom stereocenters. The molecule has 0 spiro atoms. The molecule has 0 aliphatic rings. The molecule has 1 amide bonds. The molecule has 0 bridgehead atoms. The lowest BCUT2D eigenvalue weighted by Crippen LogP contribution is -2.27. The predicted octanol–water partition coefficient (Wildman–Crippen LogP) is 2.16. The molecule has 1 rings (SSSR count). The average Bonchev–Trinajstić information content (AvgIpc) is 2.38. The largest absolute Gasteiger partial charge is 0.341 e. The summed E-state index contributed by atoms with van der Waals surface area (Å²) in [6.07, 6.45) is 1.24. The Morgan fingerprint density at radius 3 is 2.72 bits per heavy atom. The zero-order valence-electron chi connectivity index (χ0n) is 11.0. The summed E-state index contributed by atoms with van der Waals surface area (Å²) in [5, 5.41) is 0. The minimum atomic E-state index is -0.271. The molecule has 2 N–H and O–H groups in total. The third-order valence-corrected chi connectivity index (χ3v) is 3.04. The topological polar surface area (TPSA) is 46.3 Å². The van der Waals surface area contributed by atoms with Gasteiger partial charge in [0.15, 0.2) is 0 Å². The highest BCUT2D eigenvalue weighted by molar-refractivity contribution is 5.75. The molecule has 0 saturated carbocycles. The molecule has 100 valence electrons. The number of carbonyl (C=O) groups is 1. The Hall–Kier alpha value is -1.42. The van der Waals surface area contributed by atoms with Crippen LogP contribution in [-0.2, 0) is 11.3 Å². The van der Waals surface area contributed by atoms with Gasteiger partial charge in [-0.05, 0) is 24.9 Å². The third-order valence-electron chi connectivity index (χ3n) is 3.04. The van der Waals surface area contributed by atoms with Gasteiger partial charge in [0.2, 0.25) is 5.91 Å². The van der Waals surface area contributed by atoms with Crippen LogP contribution in [0.25, 0.3) is 0 Å². The van der Waals surface area contributed by atoms with E-state index in [0.717, 1.165) is 6.42 Å². The predicted molar refractivity (Wildman–Crippen MR) is 70.3 cm³/mol. The van der Waals surface area contributed by atoms with Gasteiger partial charge >= 0.3 is 0 Å². The van der Waals surface area contributed by atoms with Gasteiger partial charge in [-0.3, -0.25) is 4.79 Å². The molecule has 1 aromatic carbocycles. The zero-order chi connectivity index (χ0) is 13.5. The van der Waals surface area contributed by atoms with Crippen LogP contribution in [0.3, 0.4) is 0 Å². The van der Waals surface area contributed by atoms with Gasteiger partial charge < -0.3 is 10.6 Å². The quantitative estimate of drug-likeness (QED) is 0.843. The molecule has 0 heterocycles. The van der Waals surface area contributed by atoms with Gasteiger partial charge in [-0.25, -0.2) is 4.39 Å². The maximum atomic E-state index is 13.4. The van der Waals surface area contributed by atoms with E-state index in [9.17, 15) is 9.18 Å². The summed E-state index contributed by atoms with van der Waals surface area (Å²) in [4.78, 5) is 13.4. The van der Waals surface area contributed by atoms with Crippen molar-refractivity contribution in [2.75, 3.05) is 13.6 Å². The highest BCUT2D eigenvalue weighted by Crippen LogP contribution is 2.11. The molecule has 0 radical (unpaired) electrons.